The van der Waals surface area contributed by atoms with Gasteiger partial charge in [-0.3, -0.25) is 0 Å². The molecule has 1 nitrogen and oxygen atoms in total. The van der Waals surface area contributed by atoms with Crippen LogP contribution >= 0.6 is 11.6 Å². The molecule has 2 heteroatoms. The standard InChI is InChI=1S/C15H24ClN/c1-4-6-15(17-5-2)12(3)11-13-7-9-14(16)10-8-13/h7-10,12,15,17H,4-6,11H2,1-3H3. The van der Waals surface area contributed by atoms with Gasteiger partial charge in [-0.1, -0.05) is 50.9 Å². The molecular formula is C15H24ClN. The van der Waals surface area contributed by atoms with Gasteiger partial charge >= 0.3 is 0 Å². The Morgan fingerprint density at radius 1 is 1.18 bits per heavy atom. The molecule has 0 aromatic heterocycles. The van der Waals surface area contributed by atoms with E-state index in [4.69, 9.17) is 11.6 Å². The van der Waals surface area contributed by atoms with E-state index in [1.54, 1.807) is 0 Å². The number of hydrogen-bond donors (Lipinski definition) is 1. The molecule has 0 amide bonds. The lowest BCUT2D eigenvalue weighted by atomic mass is 9.91. The van der Waals surface area contributed by atoms with Crippen LogP contribution in [0.4, 0.5) is 0 Å². The second-order valence-electron chi connectivity index (χ2n) is 4.76. The number of nitrogens with one attached hydrogen (secondary N) is 1. The van der Waals surface area contributed by atoms with Gasteiger partial charge < -0.3 is 5.32 Å². The highest BCUT2D eigenvalue weighted by Gasteiger charge is 2.15. The molecule has 1 N–H and O–H groups in total. The fourth-order valence-corrected chi connectivity index (χ4v) is 2.42. The largest absolute Gasteiger partial charge is 0.314 e. The van der Waals surface area contributed by atoms with Crippen LogP contribution in [0.1, 0.15) is 39.2 Å². The van der Waals surface area contributed by atoms with Gasteiger partial charge in [0.15, 0.2) is 0 Å². The Hall–Kier alpha value is -0.530. The lowest BCUT2D eigenvalue weighted by molar-refractivity contribution is 0.358. The van der Waals surface area contributed by atoms with Gasteiger partial charge in [-0.25, -0.2) is 0 Å². The van der Waals surface area contributed by atoms with E-state index in [0.717, 1.165) is 18.0 Å². The van der Waals surface area contributed by atoms with Crippen LogP contribution in [0.15, 0.2) is 24.3 Å². The molecule has 0 aliphatic carbocycles. The van der Waals surface area contributed by atoms with E-state index in [1.165, 1.54) is 18.4 Å². The fraction of sp³-hybridized carbons (Fsp3) is 0.600. The minimum absolute atomic E-state index is 0.626. The Kier molecular flexibility index (Phi) is 6.61. The minimum Gasteiger partial charge on any atom is -0.314 e. The quantitative estimate of drug-likeness (QED) is 0.764. The van der Waals surface area contributed by atoms with Gasteiger partial charge in [0, 0.05) is 11.1 Å². The molecule has 1 aromatic rings. The van der Waals surface area contributed by atoms with Gasteiger partial charge in [-0.15, -0.1) is 0 Å². The topological polar surface area (TPSA) is 12.0 Å². The zero-order chi connectivity index (χ0) is 12.7. The van der Waals surface area contributed by atoms with Gasteiger partial charge in [0.1, 0.15) is 0 Å². The van der Waals surface area contributed by atoms with E-state index in [-0.39, 0.29) is 0 Å². The SMILES string of the molecule is CCCC(NCC)C(C)Cc1ccc(Cl)cc1. The zero-order valence-electron chi connectivity index (χ0n) is 11.2. The van der Waals surface area contributed by atoms with E-state index in [9.17, 15) is 0 Å². The molecule has 0 aliphatic heterocycles. The molecular weight excluding hydrogens is 230 g/mol. The molecule has 17 heavy (non-hydrogen) atoms. The summed E-state index contributed by atoms with van der Waals surface area (Å²) >= 11 is 5.90. The first-order valence-electron chi connectivity index (χ1n) is 6.65. The lowest BCUT2D eigenvalue weighted by Crippen LogP contribution is -2.35. The van der Waals surface area contributed by atoms with E-state index >= 15 is 0 Å². The summed E-state index contributed by atoms with van der Waals surface area (Å²) in [6.45, 7) is 7.81. The first-order valence-corrected chi connectivity index (χ1v) is 7.03. The second-order valence-corrected chi connectivity index (χ2v) is 5.20. The average Bonchev–Trinajstić information content (AvgIpc) is 2.32. The van der Waals surface area contributed by atoms with E-state index < -0.39 is 0 Å². The maximum atomic E-state index is 5.90. The molecule has 0 heterocycles. The van der Waals surface area contributed by atoms with Crippen molar-refractivity contribution in [3.8, 4) is 0 Å². The van der Waals surface area contributed by atoms with Gasteiger partial charge in [-0.05, 0) is 43.0 Å². The molecule has 0 fully saturated rings. The van der Waals surface area contributed by atoms with Crippen LogP contribution in [-0.4, -0.2) is 12.6 Å². The van der Waals surface area contributed by atoms with Crippen molar-refractivity contribution in [2.75, 3.05) is 6.54 Å². The molecule has 0 saturated carbocycles. The summed E-state index contributed by atoms with van der Waals surface area (Å²) in [5.74, 6) is 0.663. The van der Waals surface area contributed by atoms with Crippen molar-refractivity contribution >= 4 is 11.6 Å². The first kappa shape index (κ1) is 14.5. The van der Waals surface area contributed by atoms with Crippen LogP contribution in [0.2, 0.25) is 5.02 Å². The van der Waals surface area contributed by atoms with Gasteiger partial charge in [0.25, 0.3) is 0 Å². The highest BCUT2D eigenvalue weighted by molar-refractivity contribution is 6.30. The monoisotopic (exact) mass is 253 g/mol. The lowest BCUT2D eigenvalue weighted by Gasteiger charge is -2.24. The first-order chi connectivity index (χ1) is 8.17. The second kappa shape index (κ2) is 7.73. The Morgan fingerprint density at radius 2 is 1.82 bits per heavy atom. The van der Waals surface area contributed by atoms with Crippen LogP contribution in [0, 0.1) is 5.92 Å². The average molecular weight is 254 g/mol. The third kappa shape index (κ3) is 5.10. The molecule has 1 aromatic carbocycles. The number of hydrogen-bond acceptors (Lipinski definition) is 1. The van der Waals surface area contributed by atoms with E-state index in [1.807, 2.05) is 12.1 Å². The maximum absolute atomic E-state index is 5.90. The number of benzene rings is 1. The fourth-order valence-electron chi connectivity index (χ4n) is 2.30. The number of halogens is 1. The van der Waals surface area contributed by atoms with Crippen LogP contribution in [0.5, 0.6) is 0 Å². The van der Waals surface area contributed by atoms with Crippen LogP contribution in [0.3, 0.4) is 0 Å². The Bertz CT molecular complexity index is 301. The third-order valence-corrected chi connectivity index (χ3v) is 3.48. The van der Waals surface area contributed by atoms with Crippen molar-refractivity contribution < 1.29 is 0 Å². The number of rotatable bonds is 7. The van der Waals surface area contributed by atoms with Crippen LogP contribution < -0.4 is 5.32 Å². The summed E-state index contributed by atoms with van der Waals surface area (Å²) in [6.07, 6.45) is 3.61. The zero-order valence-corrected chi connectivity index (χ0v) is 11.9. The molecule has 2 atom stereocenters. The van der Waals surface area contributed by atoms with Crippen molar-refractivity contribution in [3.63, 3.8) is 0 Å². The Balaban J connectivity index is 2.55. The third-order valence-electron chi connectivity index (χ3n) is 3.22. The summed E-state index contributed by atoms with van der Waals surface area (Å²) in [7, 11) is 0. The van der Waals surface area contributed by atoms with Crippen LogP contribution in [0.25, 0.3) is 0 Å². The molecule has 96 valence electrons. The normalized spacial score (nSPS) is 14.6. The van der Waals surface area contributed by atoms with Gasteiger partial charge in [-0.2, -0.15) is 0 Å². The van der Waals surface area contributed by atoms with E-state index in [0.29, 0.717) is 12.0 Å². The minimum atomic E-state index is 0.626. The molecule has 2 unspecified atom stereocenters. The van der Waals surface area contributed by atoms with Crippen molar-refractivity contribution in [3.05, 3.63) is 34.9 Å². The molecule has 1 rings (SSSR count). The molecule has 0 aliphatic rings. The summed E-state index contributed by atoms with van der Waals surface area (Å²) in [6, 6.07) is 8.85. The van der Waals surface area contributed by atoms with Crippen molar-refractivity contribution in [1.82, 2.24) is 5.32 Å². The summed E-state index contributed by atoms with van der Waals surface area (Å²) < 4.78 is 0. The highest BCUT2D eigenvalue weighted by atomic mass is 35.5. The molecule has 0 radical (unpaired) electrons. The Morgan fingerprint density at radius 3 is 2.35 bits per heavy atom. The van der Waals surface area contributed by atoms with Crippen LogP contribution in [-0.2, 0) is 6.42 Å². The predicted octanol–water partition coefficient (Wildman–Crippen LogP) is 4.30. The van der Waals surface area contributed by atoms with Gasteiger partial charge in [0.2, 0.25) is 0 Å². The van der Waals surface area contributed by atoms with Crippen molar-refractivity contribution in [2.24, 2.45) is 5.92 Å². The Labute approximate surface area is 111 Å². The highest BCUT2D eigenvalue weighted by Crippen LogP contribution is 2.17. The van der Waals surface area contributed by atoms with Crippen molar-refractivity contribution in [1.29, 1.82) is 0 Å². The maximum Gasteiger partial charge on any atom is 0.0406 e. The van der Waals surface area contributed by atoms with E-state index in [2.05, 4.69) is 38.2 Å². The predicted molar refractivity (Wildman–Crippen MR) is 76.7 cm³/mol. The summed E-state index contributed by atoms with van der Waals surface area (Å²) in [5.41, 5.74) is 1.38. The van der Waals surface area contributed by atoms with Gasteiger partial charge in [0.05, 0.1) is 0 Å². The molecule has 0 spiro atoms. The summed E-state index contributed by atoms with van der Waals surface area (Å²) in [4.78, 5) is 0. The molecule has 0 bridgehead atoms. The molecule has 0 saturated heterocycles. The summed E-state index contributed by atoms with van der Waals surface area (Å²) in [5, 5.41) is 4.41. The smallest absolute Gasteiger partial charge is 0.0406 e. The van der Waals surface area contributed by atoms with Crippen molar-refractivity contribution in [2.45, 2.75) is 46.1 Å².